The number of nitrogens with zero attached hydrogens (tertiary/aromatic N) is 1. The van der Waals surface area contributed by atoms with Gasteiger partial charge in [-0.15, -0.1) is 0 Å². The number of hydrogen-bond donors (Lipinski definition) is 2. The van der Waals surface area contributed by atoms with Gasteiger partial charge in [-0.2, -0.15) is 0 Å². The lowest BCUT2D eigenvalue weighted by molar-refractivity contribution is -0.143. The Kier molecular flexibility index (Phi) is 6.84. The number of benzene rings is 2. The maximum Gasteiger partial charge on any atom is 0.338 e. The Balaban J connectivity index is 2.05. The molecule has 1 aliphatic heterocycles. The van der Waals surface area contributed by atoms with E-state index < -0.39 is 12.0 Å². The van der Waals surface area contributed by atoms with Gasteiger partial charge in [0.25, 0.3) is 0 Å². The fraction of sp³-hybridized carbons (Fsp3) is 0.333. The lowest BCUT2D eigenvalue weighted by Crippen LogP contribution is -2.47. The first-order chi connectivity index (χ1) is 14.8. The van der Waals surface area contributed by atoms with Crippen LogP contribution in [0.2, 0.25) is 0 Å². The fourth-order valence-electron chi connectivity index (χ4n) is 3.51. The topological polar surface area (TPSA) is 88.1 Å². The minimum Gasteiger partial charge on any atom is -0.504 e. The van der Waals surface area contributed by atoms with Crippen molar-refractivity contribution in [3.8, 4) is 11.5 Å². The number of phenols is 1. The Morgan fingerprint density at radius 1 is 1.19 bits per heavy atom. The number of allylic oxidation sites excluding steroid dienone is 1. The molecular weight excluding hydrogens is 396 g/mol. The molecule has 0 saturated carbocycles. The van der Waals surface area contributed by atoms with Gasteiger partial charge in [-0.25, -0.2) is 9.59 Å². The van der Waals surface area contributed by atoms with Crippen molar-refractivity contribution in [2.45, 2.75) is 46.4 Å². The molecule has 7 nitrogen and oxygen atoms in total. The molecule has 1 atom stereocenters. The molecule has 164 valence electrons. The molecule has 0 saturated heterocycles. The van der Waals surface area contributed by atoms with Crippen LogP contribution in [0.1, 0.15) is 44.9 Å². The standard InChI is InChI=1S/C24H28N2O5/c1-5-30-20-13-18(11-12-19(20)27)22-21(23(28)31-15(2)3)16(4)26(24(29)25-22)14-17-9-7-6-8-10-17/h6-13,15,22,27H,5,14H2,1-4H3,(H,25,29)/t22-/m1/s1. The molecule has 1 aliphatic rings. The maximum absolute atomic E-state index is 13.0. The molecule has 0 spiro atoms. The Morgan fingerprint density at radius 2 is 1.90 bits per heavy atom. The second kappa shape index (κ2) is 9.55. The normalized spacial score (nSPS) is 16.4. The smallest absolute Gasteiger partial charge is 0.338 e. The highest BCUT2D eigenvalue weighted by molar-refractivity contribution is 5.95. The number of aromatic hydroxyl groups is 1. The Bertz CT molecular complexity index is 985. The number of nitrogens with one attached hydrogen (secondary N) is 1. The third-order valence-corrected chi connectivity index (χ3v) is 4.96. The summed E-state index contributed by atoms with van der Waals surface area (Å²) in [5.41, 5.74) is 2.42. The Hall–Kier alpha value is -3.48. The number of carbonyl (C=O) groups is 2. The zero-order chi connectivity index (χ0) is 22.5. The van der Waals surface area contributed by atoms with Crippen molar-refractivity contribution in [1.82, 2.24) is 10.2 Å². The van der Waals surface area contributed by atoms with E-state index in [9.17, 15) is 14.7 Å². The summed E-state index contributed by atoms with van der Waals surface area (Å²) in [6.45, 7) is 7.81. The van der Waals surface area contributed by atoms with Crippen LogP contribution in [0.25, 0.3) is 0 Å². The first kappa shape index (κ1) is 22.2. The largest absolute Gasteiger partial charge is 0.504 e. The first-order valence-corrected chi connectivity index (χ1v) is 10.3. The number of rotatable bonds is 7. The molecule has 0 aromatic heterocycles. The second-order valence-corrected chi connectivity index (χ2v) is 7.57. The van der Waals surface area contributed by atoms with Crippen LogP contribution in [0.5, 0.6) is 11.5 Å². The van der Waals surface area contributed by atoms with Crippen LogP contribution in [0.3, 0.4) is 0 Å². The van der Waals surface area contributed by atoms with Gasteiger partial charge in [0.1, 0.15) is 0 Å². The average molecular weight is 424 g/mol. The summed E-state index contributed by atoms with van der Waals surface area (Å²) in [7, 11) is 0. The van der Waals surface area contributed by atoms with E-state index in [1.807, 2.05) is 37.3 Å². The quantitative estimate of drug-likeness (QED) is 0.648. The summed E-state index contributed by atoms with van der Waals surface area (Å²) in [6, 6.07) is 13.3. The SMILES string of the molecule is CCOc1cc([C@H]2NC(=O)N(Cc3ccccc3)C(C)=C2C(=O)OC(C)C)ccc1O. The summed E-state index contributed by atoms with van der Waals surface area (Å²) >= 11 is 0. The minimum atomic E-state index is -0.731. The van der Waals surface area contributed by atoms with Crippen LogP contribution in [0.15, 0.2) is 59.8 Å². The summed E-state index contributed by atoms with van der Waals surface area (Å²) in [6.07, 6.45) is -0.313. The molecule has 3 rings (SSSR count). The van der Waals surface area contributed by atoms with Crippen molar-refractivity contribution in [3.63, 3.8) is 0 Å². The van der Waals surface area contributed by atoms with Crippen LogP contribution < -0.4 is 10.1 Å². The average Bonchev–Trinajstić information content (AvgIpc) is 2.72. The molecule has 1 heterocycles. The number of amides is 2. The molecule has 31 heavy (non-hydrogen) atoms. The van der Waals surface area contributed by atoms with Crippen LogP contribution in [-0.4, -0.2) is 34.7 Å². The van der Waals surface area contributed by atoms with Gasteiger partial charge in [0.05, 0.1) is 30.9 Å². The van der Waals surface area contributed by atoms with Crippen molar-refractivity contribution >= 4 is 12.0 Å². The highest BCUT2D eigenvalue weighted by Crippen LogP contribution is 2.36. The van der Waals surface area contributed by atoms with Crippen LogP contribution in [-0.2, 0) is 16.1 Å². The summed E-state index contributed by atoms with van der Waals surface area (Å²) in [4.78, 5) is 27.6. The third kappa shape index (κ3) is 4.99. The van der Waals surface area contributed by atoms with Crippen LogP contribution in [0, 0.1) is 0 Å². The molecule has 2 aromatic carbocycles. The summed E-state index contributed by atoms with van der Waals surface area (Å²) in [5, 5.41) is 13.0. The van der Waals surface area contributed by atoms with Crippen molar-refractivity contribution in [2.24, 2.45) is 0 Å². The van der Waals surface area contributed by atoms with Gasteiger partial charge in [0, 0.05) is 5.70 Å². The molecule has 2 amide bonds. The molecule has 2 aromatic rings. The van der Waals surface area contributed by atoms with Gasteiger partial charge in [-0.1, -0.05) is 36.4 Å². The third-order valence-electron chi connectivity index (χ3n) is 4.96. The van der Waals surface area contributed by atoms with Crippen molar-refractivity contribution in [3.05, 3.63) is 70.9 Å². The zero-order valence-corrected chi connectivity index (χ0v) is 18.2. The van der Waals surface area contributed by atoms with E-state index in [1.165, 1.54) is 11.0 Å². The lowest BCUT2D eigenvalue weighted by Gasteiger charge is -2.35. The van der Waals surface area contributed by atoms with E-state index >= 15 is 0 Å². The van der Waals surface area contributed by atoms with Crippen LogP contribution in [0.4, 0.5) is 4.79 Å². The van der Waals surface area contributed by atoms with E-state index in [-0.39, 0.29) is 23.6 Å². The van der Waals surface area contributed by atoms with Gasteiger partial charge < -0.3 is 19.9 Å². The predicted octanol–water partition coefficient (Wildman–Crippen LogP) is 4.28. The summed E-state index contributed by atoms with van der Waals surface area (Å²) < 4.78 is 11.0. The van der Waals surface area contributed by atoms with Crippen molar-refractivity contribution < 1.29 is 24.2 Å². The number of esters is 1. The number of hydrogen-bond acceptors (Lipinski definition) is 5. The highest BCUT2D eigenvalue weighted by atomic mass is 16.5. The fourth-order valence-corrected chi connectivity index (χ4v) is 3.51. The minimum absolute atomic E-state index is 0.00884. The highest BCUT2D eigenvalue weighted by Gasteiger charge is 2.37. The molecular formula is C24H28N2O5. The molecule has 7 heteroatoms. The Morgan fingerprint density at radius 3 is 2.55 bits per heavy atom. The molecule has 0 bridgehead atoms. The van der Waals surface area contributed by atoms with E-state index in [0.717, 1.165) is 5.56 Å². The van der Waals surface area contributed by atoms with Gasteiger partial charge in [0.2, 0.25) is 0 Å². The van der Waals surface area contributed by atoms with E-state index in [4.69, 9.17) is 9.47 Å². The van der Waals surface area contributed by atoms with Crippen molar-refractivity contribution in [2.75, 3.05) is 6.61 Å². The molecule has 0 fully saturated rings. The predicted molar refractivity (Wildman–Crippen MR) is 116 cm³/mol. The van der Waals surface area contributed by atoms with Crippen molar-refractivity contribution in [1.29, 1.82) is 0 Å². The Labute approximate surface area is 182 Å². The number of phenolic OH excluding ortho intramolecular Hbond substituents is 1. The number of carbonyl (C=O) groups excluding carboxylic acids is 2. The monoisotopic (exact) mass is 424 g/mol. The first-order valence-electron chi connectivity index (χ1n) is 10.3. The molecule has 0 unspecified atom stereocenters. The lowest BCUT2D eigenvalue weighted by atomic mass is 9.94. The number of ether oxygens (including phenoxy) is 2. The van der Waals surface area contributed by atoms with E-state index in [2.05, 4.69) is 5.32 Å². The van der Waals surface area contributed by atoms with Gasteiger partial charge >= 0.3 is 12.0 Å². The second-order valence-electron chi connectivity index (χ2n) is 7.57. The zero-order valence-electron chi connectivity index (χ0n) is 18.2. The summed E-state index contributed by atoms with van der Waals surface area (Å²) in [5.74, 6) is -0.220. The molecule has 0 radical (unpaired) electrons. The van der Waals surface area contributed by atoms with Gasteiger partial charge in [0.15, 0.2) is 11.5 Å². The van der Waals surface area contributed by atoms with Gasteiger partial charge in [-0.05, 0) is 51.0 Å². The maximum atomic E-state index is 13.0. The molecule has 0 aliphatic carbocycles. The van der Waals surface area contributed by atoms with E-state index in [1.54, 1.807) is 32.9 Å². The van der Waals surface area contributed by atoms with Gasteiger partial charge in [-0.3, -0.25) is 4.90 Å². The van der Waals surface area contributed by atoms with E-state index in [0.29, 0.717) is 30.0 Å². The molecule has 2 N–H and O–H groups in total. The van der Waals surface area contributed by atoms with Crippen LogP contribution >= 0.6 is 0 Å². The number of urea groups is 1.